The highest BCUT2D eigenvalue weighted by Gasteiger charge is 2.25. The number of fused-ring (bicyclic) bond motifs is 1. The Hall–Kier alpha value is -2.83. The Morgan fingerprint density at radius 2 is 1.67 bits per heavy atom. The van der Waals surface area contributed by atoms with Gasteiger partial charge in [-0.25, -0.2) is 4.68 Å². The number of thiophene rings is 1. The van der Waals surface area contributed by atoms with E-state index in [0.717, 1.165) is 52.7 Å². The van der Waals surface area contributed by atoms with E-state index in [1.54, 1.807) is 0 Å². The molecule has 4 aromatic rings. The third-order valence-electron chi connectivity index (χ3n) is 5.51. The fraction of sp³-hybridized carbons (Fsp3) is 0.217. The maximum absolute atomic E-state index is 13.2. The van der Waals surface area contributed by atoms with Crippen LogP contribution < -0.4 is 4.90 Å². The van der Waals surface area contributed by atoms with Gasteiger partial charge >= 0.3 is 0 Å². The molecule has 2 aromatic carbocycles. The first-order valence-electron chi connectivity index (χ1n) is 9.94. The Morgan fingerprint density at radius 1 is 0.967 bits per heavy atom. The van der Waals surface area contributed by atoms with Crippen molar-refractivity contribution < 1.29 is 4.79 Å². The molecule has 5 nitrogen and oxygen atoms in total. The van der Waals surface area contributed by atoms with Gasteiger partial charge in [-0.05, 0) is 49.4 Å². The molecule has 30 heavy (non-hydrogen) atoms. The second-order valence-electron chi connectivity index (χ2n) is 7.42. The number of halogens is 1. The highest BCUT2D eigenvalue weighted by molar-refractivity contribution is 7.20. The van der Waals surface area contributed by atoms with Gasteiger partial charge in [0, 0.05) is 42.3 Å². The van der Waals surface area contributed by atoms with Crippen molar-refractivity contribution in [1.29, 1.82) is 0 Å². The molecule has 1 aliphatic rings. The summed E-state index contributed by atoms with van der Waals surface area (Å²) in [6, 6.07) is 19.9. The summed E-state index contributed by atoms with van der Waals surface area (Å²) in [6.07, 6.45) is 0. The zero-order chi connectivity index (χ0) is 20.7. The lowest BCUT2D eigenvalue weighted by atomic mass is 10.2. The molecule has 0 N–H and O–H groups in total. The molecule has 152 valence electrons. The summed E-state index contributed by atoms with van der Waals surface area (Å²) in [5.41, 5.74) is 3.07. The molecule has 7 heteroatoms. The van der Waals surface area contributed by atoms with Gasteiger partial charge in [-0.1, -0.05) is 29.8 Å². The Balaban J connectivity index is 1.37. The largest absolute Gasteiger partial charge is 0.368 e. The number of piperazine rings is 1. The van der Waals surface area contributed by atoms with Gasteiger partial charge in [0.15, 0.2) is 0 Å². The molecule has 5 rings (SSSR count). The second kappa shape index (κ2) is 7.78. The Morgan fingerprint density at radius 3 is 2.37 bits per heavy atom. The molecule has 1 fully saturated rings. The zero-order valence-electron chi connectivity index (χ0n) is 16.6. The second-order valence-corrected chi connectivity index (χ2v) is 8.88. The van der Waals surface area contributed by atoms with Gasteiger partial charge in [-0.15, -0.1) is 11.3 Å². The molecule has 0 aliphatic carbocycles. The van der Waals surface area contributed by atoms with E-state index >= 15 is 0 Å². The van der Waals surface area contributed by atoms with Gasteiger partial charge in [0.05, 0.1) is 16.3 Å². The van der Waals surface area contributed by atoms with E-state index in [0.29, 0.717) is 5.02 Å². The Labute approximate surface area is 184 Å². The lowest BCUT2D eigenvalue weighted by Gasteiger charge is -2.35. The van der Waals surface area contributed by atoms with E-state index in [9.17, 15) is 4.79 Å². The molecule has 2 aromatic heterocycles. The number of rotatable bonds is 3. The van der Waals surface area contributed by atoms with Crippen molar-refractivity contribution in [2.75, 3.05) is 31.1 Å². The van der Waals surface area contributed by atoms with Crippen LogP contribution in [0.25, 0.3) is 15.9 Å². The minimum Gasteiger partial charge on any atom is -0.368 e. The van der Waals surface area contributed by atoms with Crippen LogP contribution >= 0.6 is 22.9 Å². The lowest BCUT2D eigenvalue weighted by Crippen LogP contribution is -2.48. The smallest absolute Gasteiger partial charge is 0.264 e. The van der Waals surface area contributed by atoms with Gasteiger partial charge in [0.2, 0.25) is 0 Å². The molecule has 3 heterocycles. The number of nitrogens with zero attached hydrogens (tertiary/aromatic N) is 4. The average Bonchev–Trinajstić information content (AvgIpc) is 3.35. The van der Waals surface area contributed by atoms with Crippen LogP contribution in [0.4, 0.5) is 5.69 Å². The van der Waals surface area contributed by atoms with Gasteiger partial charge in [-0.2, -0.15) is 5.10 Å². The summed E-state index contributed by atoms with van der Waals surface area (Å²) in [5.74, 6) is 0.103. The van der Waals surface area contributed by atoms with Crippen molar-refractivity contribution in [3.8, 4) is 5.69 Å². The molecule has 0 saturated carbocycles. The maximum Gasteiger partial charge on any atom is 0.264 e. The van der Waals surface area contributed by atoms with Crippen LogP contribution in [0.2, 0.25) is 5.02 Å². The van der Waals surface area contributed by atoms with Crippen molar-refractivity contribution >= 4 is 44.7 Å². The number of carbonyl (C=O) groups is 1. The van der Waals surface area contributed by atoms with E-state index in [1.807, 2.05) is 52.9 Å². The Kier molecular flexibility index (Phi) is 4.97. The van der Waals surface area contributed by atoms with Gasteiger partial charge in [0.1, 0.15) is 4.83 Å². The van der Waals surface area contributed by atoms with Gasteiger partial charge in [-0.3, -0.25) is 4.79 Å². The molecule has 1 amide bonds. The minimum atomic E-state index is 0.103. The molecule has 0 bridgehead atoms. The maximum atomic E-state index is 13.2. The fourth-order valence-corrected chi connectivity index (χ4v) is 5.15. The summed E-state index contributed by atoms with van der Waals surface area (Å²) in [4.78, 5) is 19.2. The SMILES string of the molecule is Cc1nn(-c2ccc(Cl)cc2)c2sc(C(=O)N3CCN(c4ccccc4)CC3)cc12. The standard InChI is InChI=1S/C23H21ClN4OS/c1-16-20-15-21(30-23(20)28(25-16)19-9-7-17(24)8-10-19)22(29)27-13-11-26(12-14-27)18-5-3-2-4-6-18/h2-10,15H,11-14H2,1H3. The molecule has 1 saturated heterocycles. The minimum absolute atomic E-state index is 0.103. The predicted molar refractivity (Wildman–Crippen MR) is 123 cm³/mol. The Bertz CT molecular complexity index is 1190. The van der Waals surface area contributed by atoms with E-state index in [1.165, 1.54) is 17.0 Å². The molecule has 0 radical (unpaired) electrons. The topological polar surface area (TPSA) is 41.4 Å². The van der Waals surface area contributed by atoms with Crippen LogP contribution in [0.5, 0.6) is 0 Å². The van der Waals surface area contributed by atoms with Crippen LogP contribution in [0.1, 0.15) is 15.4 Å². The molecule has 0 spiro atoms. The number of para-hydroxylation sites is 1. The number of amides is 1. The number of anilines is 1. The summed E-state index contributed by atoms with van der Waals surface area (Å²) in [6.45, 7) is 5.12. The molecule has 0 atom stereocenters. The van der Waals surface area contributed by atoms with Gasteiger partial charge in [0.25, 0.3) is 5.91 Å². The van der Waals surface area contributed by atoms with Crippen molar-refractivity contribution in [2.24, 2.45) is 0 Å². The number of carbonyl (C=O) groups excluding carboxylic acids is 1. The number of hydrogen-bond acceptors (Lipinski definition) is 4. The number of benzene rings is 2. The first-order chi connectivity index (χ1) is 14.6. The summed E-state index contributed by atoms with van der Waals surface area (Å²) in [5, 5.41) is 6.38. The van der Waals surface area contributed by atoms with E-state index in [4.69, 9.17) is 11.6 Å². The number of aromatic nitrogens is 2. The highest BCUT2D eigenvalue weighted by atomic mass is 35.5. The first kappa shape index (κ1) is 19.2. The molecule has 0 unspecified atom stereocenters. The summed E-state index contributed by atoms with van der Waals surface area (Å²) < 4.78 is 1.90. The zero-order valence-corrected chi connectivity index (χ0v) is 18.2. The third kappa shape index (κ3) is 3.46. The lowest BCUT2D eigenvalue weighted by molar-refractivity contribution is 0.0751. The van der Waals surface area contributed by atoms with Gasteiger partial charge < -0.3 is 9.80 Å². The van der Waals surface area contributed by atoms with E-state index in [-0.39, 0.29) is 5.91 Å². The number of hydrogen-bond donors (Lipinski definition) is 0. The highest BCUT2D eigenvalue weighted by Crippen LogP contribution is 2.31. The first-order valence-corrected chi connectivity index (χ1v) is 11.1. The average molecular weight is 437 g/mol. The fourth-order valence-electron chi connectivity index (χ4n) is 3.87. The third-order valence-corrected chi connectivity index (χ3v) is 6.87. The van der Waals surface area contributed by atoms with Crippen LogP contribution in [0.15, 0.2) is 60.7 Å². The van der Waals surface area contributed by atoms with Crippen molar-refractivity contribution in [3.05, 3.63) is 76.3 Å². The van der Waals surface area contributed by atoms with E-state index < -0.39 is 0 Å². The summed E-state index contributed by atoms with van der Waals surface area (Å²) in [7, 11) is 0. The quantitative estimate of drug-likeness (QED) is 0.453. The molecule has 1 aliphatic heterocycles. The van der Waals surface area contributed by atoms with Crippen LogP contribution in [0, 0.1) is 6.92 Å². The molecular weight excluding hydrogens is 416 g/mol. The normalized spacial score (nSPS) is 14.5. The van der Waals surface area contributed by atoms with Crippen LogP contribution in [0.3, 0.4) is 0 Å². The van der Waals surface area contributed by atoms with Crippen molar-refractivity contribution in [2.45, 2.75) is 6.92 Å². The number of aryl methyl sites for hydroxylation is 1. The van der Waals surface area contributed by atoms with Crippen LogP contribution in [-0.2, 0) is 0 Å². The van der Waals surface area contributed by atoms with Crippen molar-refractivity contribution in [1.82, 2.24) is 14.7 Å². The van der Waals surface area contributed by atoms with E-state index in [2.05, 4.69) is 34.3 Å². The van der Waals surface area contributed by atoms with Crippen molar-refractivity contribution in [3.63, 3.8) is 0 Å². The van der Waals surface area contributed by atoms with Crippen LogP contribution in [-0.4, -0.2) is 46.8 Å². The molecular formula is C23H21ClN4OS. The predicted octanol–water partition coefficient (Wildman–Crippen LogP) is 5.01. The summed E-state index contributed by atoms with van der Waals surface area (Å²) >= 11 is 7.53. The monoisotopic (exact) mass is 436 g/mol.